The topological polar surface area (TPSA) is 99.1 Å². The Morgan fingerprint density at radius 1 is 1.36 bits per heavy atom. The van der Waals surface area contributed by atoms with Gasteiger partial charge in [-0.3, -0.25) is 4.79 Å². The van der Waals surface area contributed by atoms with Crippen molar-refractivity contribution in [1.82, 2.24) is 4.90 Å². The Bertz CT molecular complexity index is 612. The lowest BCUT2D eigenvalue weighted by Crippen LogP contribution is -2.31. The minimum Gasteiger partial charge on any atom is -0.466 e. The monoisotopic (exact) mass is 306 g/mol. The highest BCUT2D eigenvalue weighted by molar-refractivity contribution is 6.08. The van der Waals surface area contributed by atoms with Crippen molar-refractivity contribution in [2.75, 3.05) is 32.1 Å². The fourth-order valence-electron chi connectivity index (χ4n) is 2.26. The number of carbonyl (C=O) groups is 2. The van der Waals surface area contributed by atoms with Gasteiger partial charge in [0.2, 0.25) is 0 Å². The van der Waals surface area contributed by atoms with Gasteiger partial charge in [0.15, 0.2) is 0 Å². The summed E-state index contributed by atoms with van der Waals surface area (Å²) in [5.41, 5.74) is 1.46. The normalized spacial score (nSPS) is 14.5. The highest BCUT2D eigenvalue weighted by Gasteiger charge is 2.34. The van der Waals surface area contributed by atoms with Gasteiger partial charge in [0.05, 0.1) is 32.4 Å². The Labute approximate surface area is 127 Å². The van der Waals surface area contributed by atoms with Crippen molar-refractivity contribution in [3.05, 3.63) is 41.1 Å². The number of aliphatic hydroxyl groups excluding tert-OH is 2. The lowest BCUT2D eigenvalue weighted by Gasteiger charge is -2.15. The van der Waals surface area contributed by atoms with E-state index >= 15 is 0 Å². The predicted molar refractivity (Wildman–Crippen MR) is 78.7 cm³/mol. The third-order valence-electron chi connectivity index (χ3n) is 3.40. The van der Waals surface area contributed by atoms with Crippen molar-refractivity contribution >= 4 is 17.6 Å². The number of rotatable bonds is 6. The molecule has 1 aromatic carbocycles. The molecule has 0 radical (unpaired) electrons. The number of hydrogen-bond acceptors (Lipinski definition) is 6. The van der Waals surface area contributed by atoms with E-state index in [0.717, 1.165) is 0 Å². The molecule has 1 aliphatic rings. The number of nitrogens with one attached hydrogen (secondary N) is 1. The molecule has 0 aliphatic carbocycles. The summed E-state index contributed by atoms with van der Waals surface area (Å²) in [6, 6.07) is 6.94. The maximum absolute atomic E-state index is 12.4. The second kappa shape index (κ2) is 7.06. The van der Waals surface area contributed by atoms with E-state index < -0.39 is 5.97 Å². The van der Waals surface area contributed by atoms with Crippen molar-refractivity contribution in [1.29, 1.82) is 0 Å². The van der Waals surface area contributed by atoms with E-state index in [0.29, 0.717) is 11.3 Å². The molecule has 3 N–H and O–H groups in total. The highest BCUT2D eigenvalue weighted by Crippen LogP contribution is 2.24. The number of ether oxygens (including phenoxy) is 1. The lowest BCUT2D eigenvalue weighted by atomic mass is 10.1. The quantitative estimate of drug-likeness (QED) is 0.632. The third-order valence-corrected chi connectivity index (χ3v) is 3.40. The van der Waals surface area contributed by atoms with Gasteiger partial charge in [-0.2, -0.15) is 0 Å². The summed E-state index contributed by atoms with van der Waals surface area (Å²) in [4.78, 5) is 25.6. The molecule has 7 heteroatoms. The van der Waals surface area contributed by atoms with Crippen molar-refractivity contribution in [3.8, 4) is 0 Å². The number of amides is 1. The molecule has 0 saturated carbocycles. The maximum atomic E-state index is 12.4. The van der Waals surface area contributed by atoms with E-state index in [1.165, 1.54) is 12.0 Å². The van der Waals surface area contributed by atoms with Crippen LogP contribution in [0.5, 0.6) is 0 Å². The van der Waals surface area contributed by atoms with Gasteiger partial charge in [-0.1, -0.05) is 18.2 Å². The largest absolute Gasteiger partial charge is 0.466 e. The lowest BCUT2D eigenvalue weighted by molar-refractivity contribution is -0.136. The molecule has 0 spiro atoms. The summed E-state index contributed by atoms with van der Waals surface area (Å²) >= 11 is 0. The molecule has 22 heavy (non-hydrogen) atoms. The molecule has 0 aromatic heterocycles. The van der Waals surface area contributed by atoms with E-state index in [1.54, 1.807) is 24.3 Å². The summed E-state index contributed by atoms with van der Waals surface area (Å²) in [5.74, 6) is -0.986. The molecule has 2 rings (SSSR count). The van der Waals surface area contributed by atoms with Crippen molar-refractivity contribution in [2.45, 2.75) is 6.61 Å². The first kappa shape index (κ1) is 16.0. The molecule has 1 aliphatic heterocycles. The second-order valence-electron chi connectivity index (χ2n) is 4.74. The maximum Gasteiger partial charge on any atom is 0.337 e. The fourth-order valence-corrected chi connectivity index (χ4v) is 2.26. The molecule has 0 bridgehead atoms. The van der Waals surface area contributed by atoms with E-state index in [9.17, 15) is 14.7 Å². The van der Waals surface area contributed by atoms with E-state index in [1.807, 2.05) is 0 Å². The number of hydrogen-bond donors (Lipinski definition) is 3. The van der Waals surface area contributed by atoms with E-state index in [2.05, 4.69) is 5.32 Å². The van der Waals surface area contributed by atoms with Gasteiger partial charge in [-0.05, 0) is 6.07 Å². The average Bonchev–Trinajstić information content (AvgIpc) is 2.84. The number of β-amino-alcohol motifs (C(OH)–C–C–N with tert-alkyl or cyclic N) is 1. The van der Waals surface area contributed by atoms with Crippen LogP contribution in [-0.4, -0.2) is 53.8 Å². The Morgan fingerprint density at radius 2 is 2.09 bits per heavy atom. The minimum absolute atomic E-state index is 0.0791. The zero-order valence-corrected chi connectivity index (χ0v) is 12.2. The van der Waals surface area contributed by atoms with Gasteiger partial charge in [0.1, 0.15) is 5.70 Å². The van der Waals surface area contributed by atoms with Gasteiger partial charge >= 0.3 is 5.97 Å². The van der Waals surface area contributed by atoms with Gasteiger partial charge in [0.25, 0.3) is 5.91 Å². The van der Waals surface area contributed by atoms with Crippen LogP contribution in [0, 0.1) is 0 Å². The van der Waals surface area contributed by atoms with Crippen molar-refractivity contribution in [2.24, 2.45) is 0 Å². The van der Waals surface area contributed by atoms with Crippen molar-refractivity contribution in [3.63, 3.8) is 0 Å². The summed E-state index contributed by atoms with van der Waals surface area (Å²) in [7, 11) is 1.24. The molecule has 0 atom stereocenters. The summed E-state index contributed by atoms with van der Waals surface area (Å²) in [6.45, 7) is -0.179. The van der Waals surface area contributed by atoms with Crippen LogP contribution in [0.25, 0.3) is 0 Å². The summed E-state index contributed by atoms with van der Waals surface area (Å²) < 4.78 is 4.71. The van der Waals surface area contributed by atoms with Crippen LogP contribution in [0.15, 0.2) is 35.5 Å². The zero-order valence-electron chi connectivity index (χ0n) is 12.2. The van der Waals surface area contributed by atoms with E-state index in [4.69, 9.17) is 9.84 Å². The highest BCUT2D eigenvalue weighted by atomic mass is 16.5. The molecule has 1 aromatic rings. The van der Waals surface area contributed by atoms with E-state index in [-0.39, 0.29) is 43.5 Å². The predicted octanol–water partition coefficient (Wildman–Crippen LogP) is -0.148. The number of methoxy groups -OCH3 is 1. The van der Waals surface area contributed by atoms with Crippen LogP contribution >= 0.6 is 0 Å². The Kier molecular flexibility index (Phi) is 5.13. The SMILES string of the molecule is COC(=O)C1=C(Nc2ccccc2CO)C(=O)N(CCO)C1. The van der Waals surface area contributed by atoms with Crippen LogP contribution in [0.2, 0.25) is 0 Å². The standard InChI is InChI=1S/C15H18N2O5/c1-22-15(21)11-8-17(6-7-18)14(20)13(11)16-12-5-3-2-4-10(12)9-19/h2-5,16,18-19H,6-9H2,1H3. The number of nitrogens with zero attached hydrogens (tertiary/aromatic N) is 1. The molecular formula is C15H18N2O5. The molecule has 1 amide bonds. The van der Waals surface area contributed by atoms with Crippen LogP contribution in [0.3, 0.4) is 0 Å². The molecule has 1 heterocycles. The van der Waals surface area contributed by atoms with Crippen LogP contribution < -0.4 is 5.32 Å². The Balaban J connectivity index is 2.34. The Hall–Kier alpha value is -2.38. The smallest absolute Gasteiger partial charge is 0.337 e. The Morgan fingerprint density at radius 3 is 2.73 bits per heavy atom. The number of carbonyl (C=O) groups excluding carboxylic acids is 2. The molecule has 0 fully saturated rings. The molecule has 7 nitrogen and oxygen atoms in total. The van der Waals surface area contributed by atoms with Crippen molar-refractivity contribution < 1.29 is 24.5 Å². The number of esters is 1. The second-order valence-corrected chi connectivity index (χ2v) is 4.74. The van der Waals surface area contributed by atoms with Crippen LogP contribution in [0.4, 0.5) is 5.69 Å². The average molecular weight is 306 g/mol. The van der Waals surface area contributed by atoms with Crippen LogP contribution in [0.1, 0.15) is 5.56 Å². The van der Waals surface area contributed by atoms with Crippen LogP contribution in [-0.2, 0) is 20.9 Å². The summed E-state index contributed by atoms with van der Waals surface area (Å²) in [5, 5.41) is 21.3. The first-order valence-corrected chi connectivity index (χ1v) is 6.79. The molecule has 0 saturated heterocycles. The first-order chi connectivity index (χ1) is 10.6. The fraction of sp³-hybridized carbons (Fsp3) is 0.333. The first-order valence-electron chi connectivity index (χ1n) is 6.79. The van der Waals surface area contributed by atoms with Gasteiger partial charge < -0.3 is 25.2 Å². The number of anilines is 1. The number of benzene rings is 1. The molecule has 118 valence electrons. The zero-order chi connectivity index (χ0) is 16.1. The van der Waals surface area contributed by atoms with Gasteiger partial charge in [0, 0.05) is 17.8 Å². The van der Waals surface area contributed by atoms with Gasteiger partial charge in [-0.15, -0.1) is 0 Å². The molecule has 0 unspecified atom stereocenters. The third kappa shape index (κ3) is 3.10. The van der Waals surface area contributed by atoms with Gasteiger partial charge in [-0.25, -0.2) is 4.79 Å². The summed E-state index contributed by atoms with van der Waals surface area (Å²) in [6.07, 6.45) is 0. The number of aliphatic hydroxyl groups is 2. The minimum atomic E-state index is -0.599. The number of para-hydroxylation sites is 1. The molecular weight excluding hydrogens is 288 g/mol.